The number of aryl methyl sites for hydroxylation is 1. The number of imidazole rings is 1. The Kier molecular flexibility index (Phi) is 7.98. The van der Waals surface area contributed by atoms with Crippen LogP contribution in [0.15, 0.2) is 55.0 Å². The largest absolute Gasteiger partial charge is 0.336 e. The van der Waals surface area contributed by atoms with Gasteiger partial charge in [0.15, 0.2) is 0 Å². The third-order valence-electron chi connectivity index (χ3n) is 6.35. The third kappa shape index (κ3) is 6.18. The van der Waals surface area contributed by atoms with Crippen LogP contribution in [-0.4, -0.2) is 51.4 Å². The summed E-state index contributed by atoms with van der Waals surface area (Å²) >= 11 is 0. The molecule has 3 aromatic rings. The summed E-state index contributed by atoms with van der Waals surface area (Å²) in [5.74, 6) is 6.48. The van der Waals surface area contributed by atoms with Gasteiger partial charge in [0.05, 0.1) is 23.7 Å². The van der Waals surface area contributed by atoms with Gasteiger partial charge >= 0.3 is 0 Å². The monoisotopic (exact) mass is 465 g/mol. The zero-order chi connectivity index (χ0) is 24.6. The number of hydrogen-bond acceptors (Lipinski definition) is 4. The standard InChI is InChI=1S/C29H31N5O/c1-3-4-5-6-26-11-12-27(17-23(26)2)29(35)33-15-13-32(14-16-33)21-28-19-31-22-34(28)20-25-9-7-24(18-30)8-10-25/h7-12,17,19,22H,3-4,13-16,20-21H2,1-2H3. The van der Waals surface area contributed by atoms with E-state index in [4.69, 9.17) is 5.26 Å². The van der Waals surface area contributed by atoms with Gasteiger partial charge in [0.2, 0.25) is 0 Å². The SMILES string of the molecule is CCCC#Cc1ccc(C(=O)N2CCN(Cc3cncn3Cc3ccc(C#N)cc3)CC2)cc1C. The van der Waals surface area contributed by atoms with E-state index in [1.54, 1.807) is 0 Å². The number of carbonyl (C=O) groups excluding carboxylic acids is 1. The van der Waals surface area contributed by atoms with E-state index in [2.05, 4.69) is 39.3 Å². The Balaban J connectivity index is 1.32. The van der Waals surface area contributed by atoms with Crippen LogP contribution in [0, 0.1) is 30.1 Å². The van der Waals surface area contributed by atoms with Crippen LogP contribution in [0.4, 0.5) is 0 Å². The fraction of sp³-hybridized carbons (Fsp3) is 0.345. The third-order valence-corrected chi connectivity index (χ3v) is 6.35. The zero-order valence-electron chi connectivity index (χ0n) is 20.5. The molecule has 0 radical (unpaired) electrons. The molecule has 0 saturated carbocycles. The van der Waals surface area contributed by atoms with Gasteiger partial charge in [0.1, 0.15) is 0 Å². The van der Waals surface area contributed by atoms with Crippen molar-refractivity contribution in [1.82, 2.24) is 19.4 Å². The second-order valence-electron chi connectivity index (χ2n) is 8.97. The molecule has 4 rings (SSSR count). The summed E-state index contributed by atoms with van der Waals surface area (Å²) < 4.78 is 2.15. The van der Waals surface area contributed by atoms with Crippen molar-refractivity contribution in [2.45, 2.75) is 39.8 Å². The van der Waals surface area contributed by atoms with Crippen LogP contribution in [0.5, 0.6) is 0 Å². The number of nitriles is 1. The molecule has 6 heteroatoms. The van der Waals surface area contributed by atoms with Crippen molar-refractivity contribution in [3.8, 4) is 17.9 Å². The molecule has 0 aliphatic carbocycles. The fourth-order valence-electron chi connectivity index (χ4n) is 4.24. The molecule has 0 spiro atoms. The van der Waals surface area contributed by atoms with Crippen LogP contribution in [0.3, 0.4) is 0 Å². The summed E-state index contributed by atoms with van der Waals surface area (Å²) in [5.41, 5.74) is 5.73. The minimum atomic E-state index is 0.0895. The Labute approximate surface area is 207 Å². The lowest BCUT2D eigenvalue weighted by Gasteiger charge is -2.34. The summed E-state index contributed by atoms with van der Waals surface area (Å²) in [6, 6.07) is 15.6. The lowest BCUT2D eigenvalue weighted by atomic mass is 10.0. The Morgan fingerprint density at radius 2 is 1.83 bits per heavy atom. The second-order valence-corrected chi connectivity index (χ2v) is 8.97. The van der Waals surface area contributed by atoms with Gasteiger partial charge in [0.25, 0.3) is 5.91 Å². The maximum absolute atomic E-state index is 13.1. The molecule has 0 N–H and O–H groups in total. The van der Waals surface area contributed by atoms with E-state index >= 15 is 0 Å². The number of hydrogen-bond donors (Lipinski definition) is 0. The molecule has 1 amide bonds. The molecule has 178 valence electrons. The van der Waals surface area contributed by atoms with E-state index in [1.165, 1.54) is 0 Å². The maximum Gasteiger partial charge on any atom is 0.253 e. The Morgan fingerprint density at radius 3 is 2.51 bits per heavy atom. The highest BCUT2D eigenvalue weighted by Gasteiger charge is 2.23. The number of nitrogens with zero attached hydrogens (tertiary/aromatic N) is 5. The molecule has 0 bridgehead atoms. The van der Waals surface area contributed by atoms with E-state index in [0.29, 0.717) is 18.7 Å². The first-order chi connectivity index (χ1) is 17.1. The normalized spacial score (nSPS) is 13.7. The average Bonchev–Trinajstić information content (AvgIpc) is 3.31. The minimum absolute atomic E-state index is 0.0895. The molecule has 0 atom stereocenters. The molecule has 2 aromatic carbocycles. The smallest absolute Gasteiger partial charge is 0.253 e. The summed E-state index contributed by atoms with van der Waals surface area (Å²) in [6.45, 7) is 8.72. The summed E-state index contributed by atoms with van der Waals surface area (Å²) in [6.07, 6.45) is 5.70. The van der Waals surface area contributed by atoms with Crippen LogP contribution < -0.4 is 0 Å². The van der Waals surface area contributed by atoms with Gasteiger partial charge in [-0.25, -0.2) is 4.98 Å². The molecule has 35 heavy (non-hydrogen) atoms. The van der Waals surface area contributed by atoms with Gasteiger partial charge in [-0.05, 0) is 54.8 Å². The first kappa shape index (κ1) is 24.3. The summed E-state index contributed by atoms with van der Waals surface area (Å²) in [5, 5.41) is 8.99. The summed E-state index contributed by atoms with van der Waals surface area (Å²) in [7, 11) is 0. The first-order valence-corrected chi connectivity index (χ1v) is 12.2. The van der Waals surface area contributed by atoms with E-state index in [-0.39, 0.29) is 5.91 Å². The molecule has 1 saturated heterocycles. The highest BCUT2D eigenvalue weighted by atomic mass is 16.2. The van der Waals surface area contributed by atoms with Gasteiger partial charge in [-0.1, -0.05) is 30.9 Å². The van der Waals surface area contributed by atoms with Crippen molar-refractivity contribution in [3.63, 3.8) is 0 Å². The molecule has 1 aromatic heterocycles. The zero-order valence-corrected chi connectivity index (χ0v) is 20.5. The van der Waals surface area contributed by atoms with Crippen LogP contribution in [0.2, 0.25) is 0 Å². The number of unbranched alkanes of at least 4 members (excludes halogenated alkanes) is 1. The van der Waals surface area contributed by atoms with Crippen molar-refractivity contribution >= 4 is 5.91 Å². The average molecular weight is 466 g/mol. The maximum atomic E-state index is 13.1. The highest BCUT2D eigenvalue weighted by Crippen LogP contribution is 2.16. The van der Waals surface area contributed by atoms with Gasteiger partial charge in [-0.2, -0.15) is 5.26 Å². The van der Waals surface area contributed by atoms with Crippen molar-refractivity contribution in [3.05, 3.63) is 88.5 Å². The molecule has 2 heterocycles. The molecule has 1 aliphatic rings. The Morgan fingerprint density at radius 1 is 1.06 bits per heavy atom. The van der Waals surface area contributed by atoms with Gasteiger partial charge < -0.3 is 9.47 Å². The minimum Gasteiger partial charge on any atom is -0.336 e. The van der Waals surface area contributed by atoms with Crippen molar-refractivity contribution in [2.24, 2.45) is 0 Å². The number of carbonyl (C=O) groups is 1. The number of rotatable bonds is 6. The van der Waals surface area contributed by atoms with E-state index in [1.807, 2.05) is 66.8 Å². The molecule has 6 nitrogen and oxygen atoms in total. The van der Waals surface area contributed by atoms with Crippen LogP contribution in [-0.2, 0) is 13.1 Å². The van der Waals surface area contributed by atoms with Crippen molar-refractivity contribution < 1.29 is 4.79 Å². The van der Waals surface area contributed by atoms with Gasteiger partial charge in [0, 0.05) is 63.0 Å². The summed E-state index contributed by atoms with van der Waals surface area (Å²) in [4.78, 5) is 21.8. The van der Waals surface area contributed by atoms with Crippen molar-refractivity contribution in [1.29, 1.82) is 5.26 Å². The quantitative estimate of drug-likeness (QED) is 0.511. The second kappa shape index (κ2) is 11.5. The predicted octanol–water partition coefficient (Wildman–Crippen LogP) is 4.22. The predicted molar refractivity (Wildman–Crippen MR) is 137 cm³/mol. The highest BCUT2D eigenvalue weighted by molar-refractivity contribution is 5.94. The number of amides is 1. The number of benzene rings is 2. The van der Waals surface area contributed by atoms with E-state index in [0.717, 1.165) is 67.0 Å². The van der Waals surface area contributed by atoms with Crippen LogP contribution in [0.25, 0.3) is 0 Å². The van der Waals surface area contributed by atoms with Crippen LogP contribution in [0.1, 0.15) is 58.1 Å². The molecule has 1 aliphatic heterocycles. The molecule has 1 fully saturated rings. The number of aromatic nitrogens is 2. The molecular formula is C29H31N5O. The van der Waals surface area contributed by atoms with Crippen LogP contribution >= 0.6 is 0 Å². The van der Waals surface area contributed by atoms with Gasteiger partial charge in [-0.15, -0.1) is 0 Å². The molecular weight excluding hydrogens is 434 g/mol. The lowest BCUT2D eigenvalue weighted by molar-refractivity contribution is 0.0625. The topological polar surface area (TPSA) is 65.2 Å². The Bertz CT molecular complexity index is 1260. The first-order valence-electron chi connectivity index (χ1n) is 12.2. The lowest BCUT2D eigenvalue weighted by Crippen LogP contribution is -2.48. The number of piperazine rings is 1. The fourth-order valence-corrected chi connectivity index (χ4v) is 4.24. The van der Waals surface area contributed by atoms with E-state index in [9.17, 15) is 4.79 Å². The van der Waals surface area contributed by atoms with E-state index < -0.39 is 0 Å². The molecule has 0 unspecified atom stereocenters. The van der Waals surface area contributed by atoms with Gasteiger partial charge in [-0.3, -0.25) is 9.69 Å². The van der Waals surface area contributed by atoms with Crippen molar-refractivity contribution in [2.75, 3.05) is 26.2 Å². The Hall–Kier alpha value is -3.87.